The van der Waals surface area contributed by atoms with Gasteiger partial charge in [0.15, 0.2) is 0 Å². The number of fused-ring (bicyclic) bond motifs is 1. The van der Waals surface area contributed by atoms with Crippen LogP contribution in [0.15, 0.2) is 86.5 Å². The molecule has 0 aliphatic rings. The summed E-state index contributed by atoms with van der Waals surface area (Å²) >= 11 is 6.29. The van der Waals surface area contributed by atoms with Gasteiger partial charge in [0, 0.05) is 16.8 Å². The van der Waals surface area contributed by atoms with Crippen LogP contribution in [0.5, 0.6) is 0 Å². The predicted octanol–water partition coefficient (Wildman–Crippen LogP) is 5.72. The molecule has 5 aromatic rings. The molecule has 33 heavy (non-hydrogen) atoms. The molecule has 0 aliphatic heterocycles. The van der Waals surface area contributed by atoms with Gasteiger partial charge < -0.3 is 14.3 Å². The van der Waals surface area contributed by atoms with Crippen molar-refractivity contribution in [1.82, 2.24) is 10.1 Å². The van der Waals surface area contributed by atoms with Gasteiger partial charge in [-0.2, -0.15) is 0 Å². The first-order chi connectivity index (χ1) is 16.0. The number of rotatable bonds is 4. The van der Waals surface area contributed by atoms with E-state index in [1.165, 1.54) is 0 Å². The molecule has 7 nitrogen and oxygen atoms in total. The SMILES string of the molecule is Cc1onc(-c2ccccc2Cl)c1C(=O)Nc1cccc(-c2nc3ccccc3c(=O)o2)c1. The normalized spacial score (nSPS) is 11.0. The molecule has 3 aromatic carbocycles. The fourth-order valence-corrected chi connectivity index (χ4v) is 3.77. The van der Waals surface area contributed by atoms with E-state index in [0.29, 0.717) is 44.2 Å². The van der Waals surface area contributed by atoms with Crippen LogP contribution in [0.4, 0.5) is 5.69 Å². The van der Waals surface area contributed by atoms with Gasteiger partial charge >= 0.3 is 5.63 Å². The summed E-state index contributed by atoms with van der Waals surface area (Å²) in [5, 5.41) is 7.74. The topological polar surface area (TPSA) is 98.2 Å². The Morgan fingerprint density at radius 2 is 1.79 bits per heavy atom. The summed E-state index contributed by atoms with van der Waals surface area (Å²) in [6, 6.07) is 20.9. The average molecular weight is 458 g/mol. The Morgan fingerprint density at radius 1 is 1.00 bits per heavy atom. The molecule has 8 heteroatoms. The van der Waals surface area contributed by atoms with E-state index in [2.05, 4.69) is 15.5 Å². The molecular weight excluding hydrogens is 442 g/mol. The summed E-state index contributed by atoms with van der Waals surface area (Å²) < 4.78 is 10.7. The van der Waals surface area contributed by atoms with E-state index in [1.54, 1.807) is 79.7 Å². The van der Waals surface area contributed by atoms with Crippen molar-refractivity contribution in [2.24, 2.45) is 0 Å². The van der Waals surface area contributed by atoms with Crippen molar-refractivity contribution in [3.63, 3.8) is 0 Å². The van der Waals surface area contributed by atoms with Crippen LogP contribution in [0, 0.1) is 6.92 Å². The minimum Gasteiger partial charge on any atom is -0.403 e. The summed E-state index contributed by atoms with van der Waals surface area (Å²) in [4.78, 5) is 29.9. The maximum Gasteiger partial charge on any atom is 0.347 e. The molecule has 0 unspecified atom stereocenters. The molecule has 2 heterocycles. The fourth-order valence-electron chi connectivity index (χ4n) is 3.54. The van der Waals surface area contributed by atoms with Gasteiger partial charge in [-0.25, -0.2) is 9.78 Å². The highest BCUT2D eigenvalue weighted by Gasteiger charge is 2.23. The molecule has 0 saturated carbocycles. The summed E-state index contributed by atoms with van der Waals surface area (Å²) in [6.07, 6.45) is 0. The molecule has 0 radical (unpaired) electrons. The van der Waals surface area contributed by atoms with Crippen LogP contribution in [-0.2, 0) is 0 Å². The first-order valence-electron chi connectivity index (χ1n) is 10.0. The number of aromatic nitrogens is 2. The smallest absolute Gasteiger partial charge is 0.347 e. The summed E-state index contributed by atoms with van der Waals surface area (Å²) in [6.45, 7) is 1.66. The van der Waals surface area contributed by atoms with E-state index >= 15 is 0 Å². The minimum absolute atomic E-state index is 0.160. The lowest BCUT2D eigenvalue weighted by atomic mass is 10.1. The van der Waals surface area contributed by atoms with Crippen LogP contribution >= 0.6 is 11.6 Å². The molecule has 1 N–H and O–H groups in total. The second-order valence-electron chi connectivity index (χ2n) is 7.30. The van der Waals surface area contributed by atoms with Crippen molar-refractivity contribution in [2.75, 3.05) is 5.32 Å². The quantitative estimate of drug-likeness (QED) is 0.370. The zero-order valence-electron chi connectivity index (χ0n) is 17.3. The van der Waals surface area contributed by atoms with Gasteiger partial charge in [0.1, 0.15) is 17.0 Å². The molecular formula is C25H16ClN3O4. The first-order valence-corrected chi connectivity index (χ1v) is 10.4. The highest BCUT2D eigenvalue weighted by molar-refractivity contribution is 6.33. The first kappa shape index (κ1) is 20.7. The Labute approximate surface area is 192 Å². The zero-order valence-corrected chi connectivity index (χ0v) is 18.1. The van der Waals surface area contributed by atoms with Gasteiger partial charge in [-0.05, 0) is 43.3 Å². The van der Waals surface area contributed by atoms with Crippen LogP contribution < -0.4 is 10.9 Å². The van der Waals surface area contributed by atoms with Gasteiger partial charge in [-0.15, -0.1) is 0 Å². The minimum atomic E-state index is -0.477. The molecule has 0 saturated heterocycles. The number of hydrogen-bond donors (Lipinski definition) is 1. The lowest BCUT2D eigenvalue weighted by Gasteiger charge is -2.08. The van der Waals surface area contributed by atoms with Crippen molar-refractivity contribution in [3.05, 3.63) is 99.6 Å². The summed E-state index contributed by atoms with van der Waals surface area (Å²) in [5.41, 5.74) is 2.32. The lowest BCUT2D eigenvalue weighted by Crippen LogP contribution is -2.13. The Balaban J connectivity index is 1.49. The fraction of sp³-hybridized carbons (Fsp3) is 0.0400. The molecule has 0 atom stereocenters. The van der Waals surface area contributed by atoms with Crippen LogP contribution in [0.25, 0.3) is 33.6 Å². The molecule has 162 valence electrons. The number of anilines is 1. The third kappa shape index (κ3) is 3.90. The van der Waals surface area contributed by atoms with E-state index < -0.39 is 11.5 Å². The molecule has 5 rings (SSSR count). The van der Waals surface area contributed by atoms with E-state index in [-0.39, 0.29) is 11.5 Å². The van der Waals surface area contributed by atoms with E-state index in [1.807, 2.05) is 0 Å². The van der Waals surface area contributed by atoms with E-state index in [0.717, 1.165) is 0 Å². The van der Waals surface area contributed by atoms with Gasteiger partial charge in [-0.3, -0.25) is 4.79 Å². The Kier molecular flexibility index (Phi) is 5.24. The van der Waals surface area contributed by atoms with Crippen LogP contribution in [-0.4, -0.2) is 16.0 Å². The number of nitrogens with one attached hydrogen (secondary N) is 1. The van der Waals surface area contributed by atoms with Gasteiger partial charge in [-0.1, -0.05) is 53.2 Å². The van der Waals surface area contributed by atoms with Crippen LogP contribution in [0.1, 0.15) is 16.1 Å². The number of carbonyl (C=O) groups is 1. The highest BCUT2D eigenvalue weighted by Crippen LogP contribution is 2.31. The number of amides is 1. The Morgan fingerprint density at radius 3 is 2.64 bits per heavy atom. The average Bonchev–Trinajstić information content (AvgIpc) is 3.21. The largest absolute Gasteiger partial charge is 0.403 e. The van der Waals surface area contributed by atoms with Crippen LogP contribution in [0.3, 0.4) is 0 Å². The Bertz CT molecular complexity index is 1570. The van der Waals surface area contributed by atoms with E-state index in [4.69, 9.17) is 20.5 Å². The number of aryl methyl sites for hydroxylation is 1. The lowest BCUT2D eigenvalue weighted by molar-refractivity contribution is 0.102. The second-order valence-corrected chi connectivity index (χ2v) is 7.71. The van der Waals surface area contributed by atoms with Crippen molar-refractivity contribution < 1.29 is 13.7 Å². The predicted molar refractivity (Wildman–Crippen MR) is 125 cm³/mol. The molecule has 0 aliphatic carbocycles. The number of benzene rings is 3. The maximum absolute atomic E-state index is 13.1. The number of para-hydroxylation sites is 1. The van der Waals surface area contributed by atoms with Gasteiger partial charge in [0.25, 0.3) is 5.91 Å². The standard InChI is InChI=1S/C25H16ClN3O4/c1-14-21(22(29-33-14)17-9-2-4-11-19(17)26)23(30)27-16-8-6-7-15(13-16)24-28-20-12-5-3-10-18(20)25(31)32-24/h2-13H,1H3,(H,27,30). The molecule has 0 bridgehead atoms. The maximum atomic E-state index is 13.1. The monoisotopic (exact) mass is 457 g/mol. The summed E-state index contributed by atoms with van der Waals surface area (Å²) in [7, 11) is 0. The third-order valence-electron chi connectivity index (χ3n) is 5.12. The van der Waals surface area contributed by atoms with Crippen LogP contribution in [0.2, 0.25) is 5.02 Å². The number of carbonyl (C=O) groups excluding carboxylic acids is 1. The second kappa shape index (κ2) is 8.37. The number of halogens is 1. The van der Waals surface area contributed by atoms with Gasteiger partial charge in [0.05, 0.1) is 15.9 Å². The zero-order chi connectivity index (χ0) is 22.9. The number of hydrogen-bond acceptors (Lipinski definition) is 6. The molecule has 2 aromatic heterocycles. The highest BCUT2D eigenvalue weighted by atomic mass is 35.5. The van der Waals surface area contributed by atoms with Crippen molar-refractivity contribution in [2.45, 2.75) is 6.92 Å². The van der Waals surface area contributed by atoms with Crippen molar-refractivity contribution in [1.29, 1.82) is 0 Å². The van der Waals surface area contributed by atoms with Crippen molar-refractivity contribution >= 4 is 34.1 Å². The summed E-state index contributed by atoms with van der Waals surface area (Å²) in [5.74, 6) is 0.113. The Hall–Kier alpha value is -4.23. The van der Waals surface area contributed by atoms with Crippen molar-refractivity contribution in [3.8, 4) is 22.7 Å². The molecule has 1 amide bonds. The van der Waals surface area contributed by atoms with Gasteiger partial charge in [0.2, 0.25) is 5.89 Å². The van der Waals surface area contributed by atoms with E-state index in [9.17, 15) is 9.59 Å². The third-order valence-corrected chi connectivity index (χ3v) is 5.45. The number of nitrogens with zero attached hydrogens (tertiary/aromatic N) is 2. The molecule has 0 fully saturated rings. The molecule has 0 spiro atoms.